The van der Waals surface area contributed by atoms with Crippen LogP contribution >= 0.6 is 0 Å². The minimum absolute atomic E-state index is 0.0229. The van der Waals surface area contributed by atoms with E-state index in [-0.39, 0.29) is 11.1 Å². The summed E-state index contributed by atoms with van der Waals surface area (Å²) >= 11 is 0. The van der Waals surface area contributed by atoms with Gasteiger partial charge in [0.1, 0.15) is 6.33 Å². The third-order valence-corrected chi connectivity index (χ3v) is 7.19. The Morgan fingerprint density at radius 3 is 2.25 bits per heavy atom. The molecule has 1 aliphatic heterocycles. The van der Waals surface area contributed by atoms with E-state index in [0.717, 1.165) is 43.5 Å². The fraction of sp³-hybridized carbons (Fsp3) is 0.417. The molecule has 2 aromatic heterocycles. The first-order valence-corrected chi connectivity index (χ1v) is 11.0. The molecule has 1 unspecified atom stereocenters. The SMILES string of the molecule is CN(C)C1(c2ccccc2)CCC2(CC1)CN(c1cnc(-c3cncnc3)nc1)C(O)N2. The zero-order valence-electron chi connectivity index (χ0n) is 18.5. The third-order valence-electron chi connectivity index (χ3n) is 7.19. The molecular weight excluding hydrogens is 402 g/mol. The molecule has 1 saturated heterocycles. The standard InChI is InChI=1S/C24H29N7O/c1-30(2)24(19-6-4-3-5-7-19)10-8-23(9-11-24)16-31(22(32)29-23)20-14-27-21(28-15-20)18-12-25-17-26-13-18/h3-7,12-15,17,22,29,32H,8-11,16H2,1-2H3. The lowest BCUT2D eigenvalue weighted by Gasteiger charge is -2.49. The highest BCUT2D eigenvalue weighted by Crippen LogP contribution is 2.46. The summed E-state index contributed by atoms with van der Waals surface area (Å²) < 4.78 is 0. The van der Waals surface area contributed by atoms with Crippen molar-refractivity contribution in [2.24, 2.45) is 0 Å². The van der Waals surface area contributed by atoms with E-state index in [0.29, 0.717) is 5.82 Å². The Bertz CT molecular complexity index is 1030. The molecule has 1 aliphatic carbocycles. The van der Waals surface area contributed by atoms with E-state index < -0.39 is 6.35 Å². The highest BCUT2D eigenvalue weighted by atomic mass is 16.3. The van der Waals surface area contributed by atoms with Crippen LogP contribution < -0.4 is 10.2 Å². The van der Waals surface area contributed by atoms with Crippen LogP contribution in [-0.2, 0) is 5.54 Å². The van der Waals surface area contributed by atoms with Gasteiger partial charge in [0.05, 0.1) is 23.6 Å². The lowest BCUT2D eigenvalue weighted by atomic mass is 9.69. The molecule has 8 heteroatoms. The second-order valence-electron chi connectivity index (χ2n) is 9.11. The maximum Gasteiger partial charge on any atom is 0.184 e. The van der Waals surface area contributed by atoms with Crippen LogP contribution in [0.2, 0.25) is 0 Å². The van der Waals surface area contributed by atoms with Crippen molar-refractivity contribution in [3.63, 3.8) is 0 Å². The fourth-order valence-electron chi connectivity index (χ4n) is 5.26. The Hall–Kier alpha value is -2.94. The highest BCUT2D eigenvalue weighted by Gasteiger charge is 2.50. The molecule has 8 nitrogen and oxygen atoms in total. The van der Waals surface area contributed by atoms with Gasteiger partial charge in [0.25, 0.3) is 0 Å². The number of anilines is 1. The van der Waals surface area contributed by atoms with Crippen molar-refractivity contribution in [1.82, 2.24) is 30.2 Å². The normalized spacial score (nSPS) is 27.9. The molecule has 2 N–H and O–H groups in total. The van der Waals surface area contributed by atoms with Crippen molar-refractivity contribution in [3.05, 3.63) is 67.0 Å². The van der Waals surface area contributed by atoms with E-state index in [4.69, 9.17) is 0 Å². The van der Waals surface area contributed by atoms with Crippen LogP contribution in [0.25, 0.3) is 11.4 Å². The maximum atomic E-state index is 10.8. The summed E-state index contributed by atoms with van der Waals surface area (Å²) in [6.45, 7) is 0.726. The van der Waals surface area contributed by atoms with Gasteiger partial charge in [-0.15, -0.1) is 0 Å². The van der Waals surface area contributed by atoms with Crippen LogP contribution in [0.1, 0.15) is 31.2 Å². The number of aromatic nitrogens is 4. The van der Waals surface area contributed by atoms with Crippen molar-refractivity contribution < 1.29 is 5.11 Å². The first-order valence-electron chi connectivity index (χ1n) is 11.0. The van der Waals surface area contributed by atoms with Gasteiger partial charge < -0.3 is 10.0 Å². The molecule has 2 aliphatic rings. The lowest BCUT2D eigenvalue weighted by Crippen LogP contribution is -2.54. The van der Waals surface area contributed by atoms with Gasteiger partial charge in [-0.2, -0.15) is 0 Å². The first-order chi connectivity index (χ1) is 15.5. The van der Waals surface area contributed by atoms with Crippen molar-refractivity contribution in [2.75, 3.05) is 25.5 Å². The molecular formula is C24H29N7O. The predicted molar refractivity (Wildman–Crippen MR) is 123 cm³/mol. The molecule has 5 rings (SSSR count). The molecule has 166 valence electrons. The molecule has 32 heavy (non-hydrogen) atoms. The smallest absolute Gasteiger partial charge is 0.184 e. The Balaban J connectivity index is 1.32. The number of nitrogens with one attached hydrogen (secondary N) is 1. The van der Waals surface area contributed by atoms with E-state index >= 15 is 0 Å². The molecule has 1 saturated carbocycles. The van der Waals surface area contributed by atoms with Crippen molar-refractivity contribution in [1.29, 1.82) is 0 Å². The van der Waals surface area contributed by atoms with Crippen molar-refractivity contribution in [2.45, 2.75) is 43.1 Å². The summed E-state index contributed by atoms with van der Waals surface area (Å²) in [5.74, 6) is 0.571. The molecule has 0 amide bonds. The van der Waals surface area contributed by atoms with Crippen molar-refractivity contribution >= 4 is 5.69 Å². The number of rotatable bonds is 4. The molecule has 3 heterocycles. The predicted octanol–water partition coefficient (Wildman–Crippen LogP) is 2.39. The summed E-state index contributed by atoms with van der Waals surface area (Å²) in [5.41, 5.74) is 2.83. The Labute approximate surface area is 188 Å². The number of nitrogens with zero attached hydrogens (tertiary/aromatic N) is 6. The Morgan fingerprint density at radius 2 is 1.62 bits per heavy atom. The summed E-state index contributed by atoms with van der Waals surface area (Å²) in [7, 11) is 4.34. The zero-order valence-corrected chi connectivity index (χ0v) is 18.5. The minimum Gasteiger partial charge on any atom is -0.361 e. The van der Waals surface area contributed by atoms with E-state index in [1.807, 2.05) is 4.90 Å². The quantitative estimate of drug-likeness (QED) is 0.651. The maximum absolute atomic E-state index is 10.8. The van der Waals surface area contributed by atoms with Crippen LogP contribution in [0.15, 0.2) is 61.4 Å². The van der Waals surface area contributed by atoms with Crippen LogP contribution in [0.3, 0.4) is 0 Å². The average Bonchev–Trinajstić information content (AvgIpc) is 3.16. The van der Waals surface area contributed by atoms with Gasteiger partial charge in [-0.1, -0.05) is 30.3 Å². The number of aliphatic hydroxyl groups is 1. The summed E-state index contributed by atoms with van der Waals surface area (Å²) in [6, 6.07) is 10.8. The van der Waals surface area contributed by atoms with Gasteiger partial charge in [-0.05, 0) is 45.3 Å². The van der Waals surface area contributed by atoms with Crippen LogP contribution in [0.5, 0.6) is 0 Å². The van der Waals surface area contributed by atoms with E-state index in [9.17, 15) is 5.11 Å². The molecule has 0 radical (unpaired) electrons. The number of benzene rings is 1. The van der Waals surface area contributed by atoms with Crippen LogP contribution in [0, 0.1) is 0 Å². The van der Waals surface area contributed by atoms with Gasteiger partial charge in [-0.3, -0.25) is 10.2 Å². The van der Waals surface area contributed by atoms with E-state index in [1.54, 1.807) is 24.8 Å². The summed E-state index contributed by atoms with van der Waals surface area (Å²) in [5, 5.41) is 14.3. The zero-order chi connectivity index (χ0) is 22.2. The number of hydrogen-bond acceptors (Lipinski definition) is 8. The minimum atomic E-state index is -0.756. The van der Waals surface area contributed by atoms with Gasteiger partial charge in [-0.25, -0.2) is 19.9 Å². The van der Waals surface area contributed by atoms with Gasteiger partial charge in [0.2, 0.25) is 0 Å². The summed E-state index contributed by atoms with van der Waals surface area (Å²) in [4.78, 5) is 21.3. The molecule has 1 atom stereocenters. The average molecular weight is 432 g/mol. The van der Waals surface area contributed by atoms with Gasteiger partial charge in [0.15, 0.2) is 12.2 Å². The largest absolute Gasteiger partial charge is 0.361 e. The molecule has 0 bridgehead atoms. The van der Waals surface area contributed by atoms with Crippen molar-refractivity contribution in [3.8, 4) is 11.4 Å². The second-order valence-corrected chi connectivity index (χ2v) is 9.11. The topological polar surface area (TPSA) is 90.3 Å². The van der Waals surface area contributed by atoms with Gasteiger partial charge >= 0.3 is 0 Å². The second kappa shape index (κ2) is 8.20. The number of hydrogen-bond donors (Lipinski definition) is 2. The molecule has 3 aromatic rings. The molecule has 2 fully saturated rings. The van der Waals surface area contributed by atoms with E-state index in [2.05, 4.69) is 74.6 Å². The molecule has 1 spiro atoms. The Kier molecular flexibility index (Phi) is 5.36. The Morgan fingerprint density at radius 1 is 0.969 bits per heavy atom. The highest BCUT2D eigenvalue weighted by molar-refractivity contribution is 5.54. The van der Waals surface area contributed by atoms with Gasteiger partial charge in [0, 0.05) is 30.0 Å². The first kappa shape index (κ1) is 20.9. The monoisotopic (exact) mass is 431 g/mol. The molecule has 1 aromatic carbocycles. The lowest BCUT2D eigenvalue weighted by molar-refractivity contribution is 0.0513. The number of aliphatic hydroxyl groups excluding tert-OH is 1. The third kappa shape index (κ3) is 3.64. The van der Waals surface area contributed by atoms with Crippen LogP contribution in [-0.4, -0.2) is 62.5 Å². The fourth-order valence-corrected chi connectivity index (χ4v) is 5.26. The summed E-state index contributed by atoms with van der Waals surface area (Å²) in [6.07, 6.45) is 11.6. The van der Waals surface area contributed by atoms with Crippen LogP contribution in [0.4, 0.5) is 5.69 Å². The van der Waals surface area contributed by atoms with E-state index in [1.165, 1.54) is 11.9 Å².